The van der Waals surface area contributed by atoms with Crippen molar-refractivity contribution >= 4 is 12.2 Å². The van der Waals surface area contributed by atoms with Gasteiger partial charge in [-0.2, -0.15) is 0 Å². The van der Waals surface area contributed by atoms with Crippen LogP contribution in [-0.4, -0.2) is 30.6 Å². The number of benzene rings is 4. The van der Waals surface area contributed by atoms with E-state index in [1.807, 2.05) is 0 Å². The van der Waals surface area contributed by atoms with Gasteiger partial charge in [0.15, 0.2) is 35.2 Å². The lowest BCUT2D eigenvalue weighted by Gasteiger charge is -2.35. The summed E-state index contributed by atoms with van der Waals surface area (Å²) in [6.07, 6.45) is 1.90. The highest BCUT2D eigenvalue weighted by Gasteiger charge is 2.35. The van der Waals surface area contributed by atoms with E-state index < -0.39 is 12.2 Å². The van der Waals surface area contributed by atoms with E-state index in [0.29, 0.717) is 28.2 Å². The molecule has 1 aliphatic rings. The van der Waals surface area contributed by atoms with Crippen LogP contribution in [-0.2, 0) is 0 Å². The second kappa shape index (κ2) is 8.99. The molecule has 4 aromatic rings. The highest BCUT2D eigenvalue weighted by atomic mass is 16.6. The van der Waals surface area contributed by atoms with Crippen LogP contribution in [0.5, 0.6) is 46.0 Å². The van der Waals surface area contributed by atoms with Crippen LogP contribution in [0.1, 0.15) is 34.5 Å². The molecule has 8 nitrogen and oxygen atoms in total. The SMILES string of the molecule is Oc1cc(O)cc(C=Cc2ccc3c(c2)O[C@@H](c2cc(O)cc(O)c2)[C@H](c2ccc(O)c(O)c2)O3)c1. The molecule has 1 heterocycles. The number of rotatable bonds is 4. The number of hydrogen-bond acceptors (Lipinski definition) is 8. The Kier molecular flexibility index (Phi) is 5.69. The molecule has 0 spiro atoms. The van der Waals surface area contributed by atoms with Crippen molar-refractivity contribution in [2.45, 2.75) is 12.2 Å². The van der Waals surface area contributed by atoms with Crippen molar-refractivity contribution in [2.75, 3.05) is 0 Å². The maximum Gasteiger partial charge on any atom is 0.165 e. The molecule has 4 aromatic carbocycles. The standard InChI is InChI=1S/C28H22O8/c29-19-7-16(8-20(30)13-19)2-1-15-3-6-25-26(9-15)36-28(18-10-21(31)14-22(32)11-18)27(35-25)17-4-5-23(33)24(34)12-17/h1-14,27-34H/t27-,28-/m0/s1. The van der Waals surface area contributed by atoms with Crippen molar-refractivity contribution in [3.05, 3.63) is 95.1 Å². The zero-order valence-corrected chi connectivity index (χ0v) is 18.7. The van der Waals surface area contributed by atoms with Crippen LogP contribution in [0.25, 0.3) is 12.2 Å². The Bertz CT molecular complexity index is 1440. The summed E-state index contributed by atoms with van der Waals surface area (Å²) in [5.74, 6) is -0.184. The van der Waals surface area contributed by atoms with Gasteiger partial charge in [-0.3, -0.25) is 0 Å². The van der Waals surface area contributed by atoms with Gasteiger partial charge >= 0.3 is 0 Å². The molecule has 0 saturated carbocycles. The molecule has 36 heavy (non-hydrogen) atoms. The molecule has 5 rings (SSSR count). The predicted molar refractivity (Wildman–Crippen MR) is 131 cm³/mol. The third-order valence-electron chi connectivity index (χ3n) is 5.73. The molecule has 0 aliphatic carbocycles. The molecule has 0 saturated heterocycles. The Labute approximate surface area is 205 Å². The van der Waals surface area contributed by atoms with Gasteiger partial charge in [0.2, 0.25) is 0 Å². The predicted octanol–water partition coefficient (Wildman–Crippen LogP) is 5.34. The number of phenolic OH excluding ortho intramolecular Hbond substituents is 6. The zero-order chi connectivity index (χ0) is 25.4. The third-order valence-corrected chi connectivity index (χ3v) is 5.73. The molecule has 0 radical (unpaired) electrons. The first-order chi connectivity index (χ1) is 17.2. The fourth-order valence-corrected chi connectivity index (χ4v) is 4.11. The second-order valence-corrected chi connectivity index (χ2v) is 8.43. The number of hydrogen-bond donors (Lipinski definition) is 6. The van der Waals surface area contributed by atoms with E-state index >= 15 is 0 Å². The quantitative estimate of drug-likeness (QED) is 0.168. The minimum absolute atomic E-state index is 0.0552. The van der Waals surface area contributed by atoms with Crippen LogP contribution >= 0.6 is 0 Å². The van der Waals surface area contributed by atoms with Gasteiger partial charge in [0.25, 0.3) is 0 Å². The molecule has 0 bridgehead atoms. The summed E-state index contributed by atoms with van der Waals surface area (Å²) in [7, 11) is 0. The van der Waals surface area contributed by atoms with E-state index in [1.54, 1.807) is 36.4 Å². The Balaban J connectivity index is 1.52. The highest BCUT2D eigenvalue weighted by molar-refractivity contribution is 5.72. The summed E-state index contributed by atoms with van der Waals surface area (Å²) in [6.45, 7) is 0. The van der Waals surface area contributed by atoms with Crippen LogP contribution in [0.4, 0.5) is 0 Å². The number of ether oxygens (including phenoxy) is 2. The van der Waals surface area contributed by atoms with Crippen LogP contribution < -0.4 is 9.47 Å². The first-order valence-electron chi connectivity index (χ1n) is 11.0. The molecule has 0 fully saturated rings. The van der Waals surface area contributed by atoms with E-state index in [9.17, 15) is 30.6 Å². The van der Waals surface area contributed by atoms with Crippen LogP contribution in [0.3, 0.4) is 0 Å². The van der Waals surface area contributed by atoms with Crippen molar-refractivity contribution in [2.24, 2.45) is 0 Å². The van der Waals surface area contributed by atoms with Crippen molar-refractivity contribution in [3.63, 3.8) is 0 Å². The van der Waals surface area contributed by atoms with E-state index in [4.69, 9.17) is 9.47 Å². The van der Waals surface area contributed by atoms with Crippen molar-refractivity contribution in [3.8, 4) is 46.0 Å². The minimum atomic E-state index is -0.818. The lowest BCUT2D eigenvalue weighted by Crippen LogP contribution is -2.26. The summed E-state index contributed by atoms with van der Waals surface area (Å²) < 4.78 is 12.5. The third kappa shape index (κ3) is 4.65. The molecule has 1 aliphatic heterocycles. The highest BCUT2D eigenvalue weighted by Crippen LogP contribution is 2.48. The van der Waals surface area contributed by atoms with Crippen molar-refractivity contribution in [1.82, 2.24) is 0 Å². The van der Waals surface area contributed by atoms with E-state index in [0.717, 1.165) is 5.56 Å². The number of phenols is 6. The van der Waals surface area contributed by atoms with Crippen molar-refractivity contribution < 1.29 is 40.1 Å². The summed E-state index contributed by atoms with van der Waals surface area (Å²) in [4.78, 5) is 0. The maximum absolute atomic E-state index is 10.0. The van der Waals surface area contributed by atoms with Gasteiger partial charge in [-0.05, 0) is 59.7 Å². The molecule has 0 unspecified atom stereocenters. The summed E-state index contributed by atoms with van der Waals surface area (Å²) in [6, 6.07) is 17.9. The van der Waals surface area contributed by atoms with E-state index in [-0.39, 0.29) is 34.5 Å². The summed E-state index contributed by atoms with van der Waals surface area (Å²) in [5, 5.41) is 59.2. The average Bonchev–Trinajstić information content (AvgIpc) is 2.82. The van der Waals surface area contributed by atoms with Crippen LogP contribution in [0.15, 0.2) is 72.8 Å². The monoisotopic (exact) mass is 486 g/mol. The molecule has 2 atom stereocenters. The lowest BCUT2D eigenvalue weighted by atomic mass is 9.95. The van der Waals surface area contributed by atoms with Gasteiger partial charge < -0.3 is 40.1 Å². The van der Waals surface area contributed by atoms with E-state index in [1.165, 1.54) is 48.5 Å². The maximum atomic E-state index is 10.0. The number of aromatic hydroxyl groups is 6. The van der Waals surface area contributed by atoms with Crippen LogP contribution in [0, 0.1) is 0 Å². The first kappa shape index (κ1) is 22.8. The van der Waals surface area contributed by atoms with Gasteiger partial charge in [-0.25, -0.2) is 0 Å². The van der Waals surface area contributed by atoms with Gasteiger partial charge in [-0.15, -0.1) is 0 Å². The zero-order valence-electron chi connectivity index (χ0n) is 18.7. The normalized spacial score (nSPS) is 16.8. The molecular weight excluding hydrogens is 464 g/mol. The Morgan fingerprint density at radius 2 is 1.06 bits per heavy atom. The van der Waals surface area contributed by atoms with Crippen molar-refractivity contribution in [1.29, 1.82) is 0 Å². The number of fused-ring (bicyclic) bond motifs is 1. The van der Waals surface area contributed by atoms with E-state index in [2.05, 4.69) is 0 Å². The van der Waals surface area contributed by atoms with Gasteiger partial charge in [-0.1, -0.05) is 24.3 Å². The molecule has 6 N–H and O–H groups in total. The van der Waals surface area contributed by atoms with Crippen LogP contribution in [0.2, 0.25) is 0 Å². The molecule has 0 aromatic heterocycles. The molecule has 182 valence electrons. The summed E-state index contributed by atoms with van der Waals surface area (Å²) >= 11 is 0. The van der Waals surface area contributed by atoms with Gasteiger partial charge in [0, 0.05) is 23.3 Å². The first-order valence-corrected chi connectivity index (χ1v) is 11.0. The average molecular weight is 486 g/mol. The minimum Gasteiger partial charge on any atom is -0.508 e. The Hall–Kier alpha value is -4.98. The van der Waals surface area contributed by atoms with Gasteiger partial charge in [0.1, 0.15) is 23.0 Å². The topological polar surface area (TPSA) is 140 Å². The Morgan fingerprint density at radius 3 is 1.72 bits per heavy atom. The fourth-order valence-electron chi connectivity index (χ4n) is 4.11. The molecule has 0 amide bonds. The smallest absolute Gasteiger partial charge is 0.165 e. The molecular formula is C28H22O8. The second-order valence-electron chi connectivity index (χ2n) is 8.43. The Morgan fingerprint density at radius 1 is 0.472 bits per heavy atom. The van der Waals surface area contributed by atoms with Gasteiger partial charge in [0.05, 0.1) is 0 Å². The summed E-state index contributed by atoms with van der Waals surface area (Å²) in [5.41, 5.74) is 2.30. The fraction of sp³-hybridized carbons (Fsp3) is 0.0714. The lowest BCUT2D eigenvalue weighted by molar-refractivity contribution is 0.0180. The largest absolute Gasteiger partial charge is 0.508 e. The molecule has 8 heteroatoms.